The molecule has 1 rings (SSSR count). The van der Waals surface area contributed by atoms with Gasteiger partial charge in [0.25, 0.3) is 0 Å². The second-order valence-corrected chi connectivity index (χ2v) is 5.16. The molecule has 0 aromatic rings. The van der Waals surface area contributed by atoms with Gasteiger partial charge in [0.1, 0.15) is 0 Å². The van der Waals surface area contributed by atoms with E-state index in [-0.39, 0.29) is 0 Å². The fraction of sp³-hybridized carbons (Fsp3) is 0.846. The van der Waals surface area contributed by atoms with Gasteiger partial charge < -0.3 is 5.11 Å². The van der Waals surface area contributed by atoms with Crippen molar-refractivity contribution in [1.29, 1.82) is 0 Å². The van der Waals surface area contributed by atoms with E-state index in [1.54, 1.807) is 0 Å². The first-order valence-electron chi connectivity index (χ1n) is 5.82. The van der Waals surface area contributed by atoms with Crippen LogP contribution in [0.2, 0.25) is 0 Å². The average molecular weight is 196 g/mol. The summed E-state index contributed by atoms with van der Waals surface area (Å²) in [5, 5.41) is 9.21. The van der Waals surface area contributed by atoms with Gasteiger partial charge in [0, 0.05) is 6.61 Å². The zero-order chi connectivity index (χ0) is 10.7. The van der Waals surface area contributed by atoms with Crippen LogP contribution in [0.3, 0.4) is 0 Å². The lowest BCUT2D eigenvalue weighted by atomic mass is 9.68. The van der Waals surface area contributed by atoms with E-state index in [1.807, 2.05) is 0 Å². The van der Waals surface area contributed by atoms with Crippen LogP contribution >= 0.6 is 0 Å². The number of rotatable bonds is 3. The highest BCUT2D eigenvalue weighted by Gasteiger charge is 2.31. The third-order valence-electron chi connectivity index (χ3n) is 3.97. The Morgan fingerprint density at radius 3 is 2.64 bits per heavy atom. The maximum atomic E-state index is 9.21. The van der Waals surface area contributed by atoms with Crippen LogP contribution in [-0.2, 0) is 0 Å². The number of allylic oxidation sites excluding steroid dienone is 1. The molecule has 0 aromatic heterocycles. The molecule has 0 radical (unpaired) electrons. The summed E-state index contributed by atoms with van der Waals surface area (Å²) in [5.41, 5.74) is 1.33. The number of hydrogen-bond donors (Lipinski definition) is 1. The SMILES string of the molecule is C=C(C)[C@H]1CC[C@@H](C)[C@@H]([C@@H](C)CO)C1. The van der Waals surface area contributed by atoms with Crippen LogP contribution in [0.15, 0.2) is 12.2 Å². The first kappa shape index (κ1) is 11.8. The highest BCUT2D eigenvalue weighted by molar-refractivity contribution is 4.99. The maximum absolute atomic E-state index is 9.21. The van der Waals surface area contributed by atoms with Gasteiger partial charge in [-0.2, -0.15) is 0 Å². The van der Waals surface area contributed by atoms with Gasteiger partial charge in [0.05, 0.1) is 0 Å². The molecule has 1 nitrogen and oxygen atoms in total. The van der Waals surface area contributed by atoms with Crippen molar-refractivity contribution in [2.75, 3.05) is 6.61 Å². The molecule has 1 heteroatoms. The predicted octanol–water partition coefficient (Wildman–Crippen LogP) is 3.24. The van der Waals surface area contributed by atoms with Crippen LogP contribution in [0.25, 0.3) is 0 Å². The van der Waals surface area contributed by atoms with E-state index in [9.17, 15) is 5.11 Å². The number of aliphatic hydroxyl groups excluding tert-OH is 1. The summed E-state index contributed by atoms with van der Waals surface area (Å²) >= 11 is 0. The molecule has 0 unspecified atom stereocenters. The first-order chi connectivity index (χ1) is 6.56. The van der Waals surface area contributed by atoms with Gasteiger partial charge in [-0.1, -0.05) is 26.0 Å². The monoisotopic (exact) mass is 196 g/mol. The summed E-state index contributed by atoms with van der Waals surface area (Å²) in [6.45, 7) is 11.0. The molecule has 82 valence electrons. The molecular formula is C13H24O. The van der Waals surface area contributed by atoms with E-state index in [2.05, 4.69) is 27.4 Å². The fourth-order valence-corrected chi connectivity index (χ4v) is 2.73. The molecule has 0 saturated heterocycles. The van der Waals surface area contributed by atoms with Crippen molar-refractivity contribution in [2.45, 2.75) is 40.0 Å². The van der Waals surface area contributed by atoms with E-state index in [0.717, 1.165) is 5.92 Å². The zero-order valence-corrected chi connectivity index (χ0v) is 9.79. The summed E-state index contributed by atoms with van der Waals surface area (Å²) in [6.07, 6.45) is 3.83. The van der Waals surface area contributed by atoms with Gasteiger partial charge in [-0.15, -0.1) is 0 Å². The van der Waals surface area contributed by atoms with Crippen molar-refractivity contribution in [3.63, 3.8) is 0 Å². The molecule has 0 aromatic carbocycles. The summed E-state index contributed by atoms with van der Waals surface area (Å²) in [5.74, 6) is 2.61. The van der Waals surface area contributed by atoms with Crippen molar-refractivity contribution in [3.05, 3.63) is 12.2 Å². The van der Waals surface area contributed by atoms with Crippen molar-refractivity contribution >= 4 is 0 Å². The number of aliphatic hydroxyl groups is 1. The summed E-state index contributed by atoms with van der Waals surface area (Å²) in [4.78, 5) is 0. The number of hydrogen-bond acceptors (Lipinski definition) is 1. The highest BCUT2D eigenvalue weighted by Crippen LogP contribution is 2.40. The Kier molecular flexibility index (Phi) is 4.18. The topological polar surface area (TPSA) is 20.2 Å². The van der Waals surface area contributed by atoms with Crippen LogP contribution in [0, 0.1) is 23.7 Å². The Balaban J connectivity index is 2.59. The molecule has 1 aliphatic rings. The lowest BCUT2D eigenvalue weighted by molar-refractivity contribution is 0.104. The normalized spacial score (nSPS) is 35.3. The van der Waals surface area contributed by atoms with Crippen molar-refractivity contribution in [3.8, 4) is 0 Å². The van der Waals surface area contributed by atoms with E-state index in [4.69, 9.17) is 0 Å². The lowest BCUT2D eigenvalue weighted by Crippen LogP contribution is -2.29. The quantitative estimate of drug-likeness (QED) is 0.687. The Hall–Kier alpha value is -0.300. The molecule has 0 heterocycles. The van der Waals surface area contributed by atoms with Gasteiger partial charge in [0.2, 0.25) is 0 Å². The Morgan fingerprint density at radius 1 is 1.50 bits per heavy atom. The lowest BCUT2D eigenvalue weighted by Gasteiger charge is -2.37. The van der Waals surface area contributed by atoms with Crippen molar-refractivity contribution < 1.29 is 5.11 Å². The smallest absolute Gasteiger partial charge is 0.0459 e. The van der Waals surface area contributed by atoms with Crippen LogP contribution < -0.4 is 0 Å². The summed E-state index contributed by atoms with van der Waals surface area (Å²) in [6, 6.07) is 0. The van der Waals surface area contributed by atoms with E-state index >= 15 is 0 Å². The fourth-order valence-electron chi connectivity index (χ4n) is 2.73. The molecule has 4 atom stereocenters. The third kappa shape index (κ3) is 2.60. The molecular weight excluding hydrogens is 172 g/mol. The zero-order valence-electron chi connectivity index (χ0n) is 9.79. The molecule has 1 aliphatic carbocycles. The second-order valence-electron chi connectivity index (χ2n) is 5.16. The molecule has 14 heavy (non-hydrogen) atoms. The van der Waals surface area contributed by atoms with Crippen molar-refractivity contribution in [1.82, 2.24) is 0 Å². The van der Waals surface area contributed by atoms with Crippen LogP contribution in [-0.4, -0.2) is 11.7 Å². The maximum Gasteiger partial charge on any atom is 0.0459 e. The molecule has 1 saturated carbocycles. The Morgan fingerprint density at radius 2 is 2.14 bits per heavy atom. The molecule has 0 aliphatic heterocycles. The minimum atomic E-state index is 0.331. The van der Waals surface area contributed by atoms with Gasteiger partial charge >= 0.3 is 0 Å². The molecule has 0 amide bonds. The van der Waals surface area contributed by atoms with Gasteiger partial charge in [-0.3, -0.25) is 0 Å². The first-order valence-corrected chi connectivity index (χ1v) is 5.82. The Labute approximate surface area is 88.2 Å². The van der Waals surface area contributed by atoms with Gasteiger partial charge in [-0.25, -0.2) is 0 Å². The van der Waals surface area contributed by atoms with Crippen LogP contribution in [0.5, 0.6) is 0 Å². The largest absolute Gasteiger partial charge is 0.396 e. The average Bonchev–Trinajstić information content (AvgIpc) is 2.17. The second kappa shape index (κ2) is 4.97. The van der Waals surface area contributed by atoms with Gasteiger partial charge in [0.15, 0.2) is 0 Å². The standard InChI is InChI=1S/C13H24O/c1-9(2)12-6-5-10(3)13(7-12)11(4)8-14/h10-14H,1,5-8H2,2-4H3/t10-,11+,12+,13+/m1/s1. The van der Waals surface area contributed by atoms with E-state index < -0.39 is 0 Å². The minimum Gasteiger partial charge on any atom is -0.396 e. The Bertz CT molecular complexity index is 193. The molecule has 0 bridgehead atoms. The summed E-state index contributed by atoms with van der Waals surface area (Å²) < 4.78 is 0. The van der Waals surface area contributed by atoms with Crippen LogP contribution in [0.1, 0.15) is 40.0 Å². The minimum absolute atomic E-state index is 0.331. The van der Waals surface area contributed by atoms with E-state index in [1.165, 1.54) is 24.8 Å². The predicted molar refractivity (Wildman–Crippen MR) is 61.1 cm³/mol. The summed E-state index contributed by atoms with van der Waals surface area (Å²) in [7, 11) is 0. The van der Waals surface area contributed by atoms with Crippen LogP contribution in [0.4, 0.5) is 0 Å². The third-order valence-corrected chi connectivity index (χ3v) is 3.97. The van der Waals surface area contributed by atoms with Gasteiger partial charge in [-0.05, 0) is 49.9 Å². The van der Waals surface area contributed by atoms with E-state index in [0.29, 0.717) is 24.4 Å². The molecule has 0 spiro atoms. The molecule has 1 N–H and O–H groups in total. The highest BCUT2D eigenvalue weighted by atomic mass is 16.3. The molecule has 1 fully saturated rings. The van der Waals surface area contributed by atoms with Crippen molar-refractivity contribution in [2.24, 2.45) is 23.7 Å².